The number of pyridine rings is 1. The van der Waals surface area contributed by atoms with Crippen LogP contribution in [0.5, 0.6) is 0 Å². The van der Waals surface area contributed by atoms with Gasteiger partial charge in [-0.15, -0.1) is 0 Å². The number of fused-ring (bicyclic) bond motifs is 1. The van der Waals surface area contributed by atoms with E-state index >= 15 is 0 Å². The van der Waals surface area contributed by atoms with Crippen molar-refractivity contribution in [1.82, 2.24) is 20.0 Å². The van der Waals surface area contributed by atoms with E-state index < -0.39 is 23.2 Å². The van der Waals surface area contributed by atoms with Gasteiger partial charge in [0.25, 0.3) is 11.5 Å². The number of nitrogens with one attached hydrogen (secondary N) is 1. The topological polar surface area (TPSA) is 97.1 Å². The van der Waals surface area contributed by atoms with Gasteiger partial charge in [-0.2, -0.15) is 13.2 Å². The predicted molar refractivity (Wildman–Crippen MR) is 109 cm³/mol. The zero-order valence-electron chi connectivity index (χ0n) is 16.3. The third-order valence-corrected chi connectivity index (χ3v) is 4.86. The van der Waals surface area contributed by atoms with Crippen LogP contribution in [0.1, 0.15) is 21.5 Å². The van der Waals surface area contributed by atoms with Crippen LogP contribution in [0.4, 0.5) is 13.2 Å². The number of hydroxylamine groups is 1. The molecule has 4 aromatic rings. The van der Waals surface area contributed by atoms with Crippen molar-refractivity contribution in [3.8, 4) is 11.4 Å². The van der Waals surface area contributed by atoms with Gasteiger partial charge < -0.3 is 0 Å². The molecule has 0 bridgehead atoms. The van der Waals surface area contributed by atoms with Gasteiger partial charge in [-0.1, -0.05) is 12.1 Å². The number of hydrogen-bond donors (Lipinski definition) is 2. The van der Waals surface area contributed by atoms with Crippen molar-refractivity contribution in [1.29, 1.82) is 0 Å². The molecule has 2 heterocycles. The van der Waals surface area contributed by atoms with Crippen molar-refractivity contribution in [2.24, 2.45) is 0 Å². The Morgan fingerprint density at radius 1 is 1.09 bits per heavy atom. The number of hydrogen-bond acceptors (Lipinski definition) is 5. The molecule has 1 amide bonds. The van der Waals surface area contributed by atoms with Crippen molar-refractivity contribution in [3.05, 3.63) is 94.0 Å². The summed E-state index contributed by atoms with van der Waals surface area (Å²) < 4.78 is 39.9. The summed E-state index contributed by atoms with van der Waals surface area (Å²) in [6.45, 7) is -0.0248. The number of alkyl halides is 3. The Hall–Kier alpha value is -4.05. The summed E-state index contributed by atoms with van der Waals surface area (Å²) in [7, 11) is 0. The maximum Gasteiger partial charge on any atom is 0.416 e. The molecule has 0 spiro atoms. The van der Waals surface area contributed by atoms with Crippen molar-refractivity contribution >= 4 is 16.8 Å². The maximum absolute atomic E-state index is 13.3. The number of carbonyl (C=O) groups is 1. The smallest absolute Gasteiger partial charge is 0.288 e. The minimum atomic E-state index is -4.46. The lowest BCUT2D eigenvalue weighted by Crippen LogP contribution is -2.25. The molecule has 0 radical (unpaired) electrons. The summed E-state index contributed by atoms with van der Waals surface area (Å²) in [6, 6.07) is 12.0. The molecule has 2 aromatic heterocycles. The molecule has 7 nitrogen and oxygen atoms in total. The first-order valence-electron chi connectivity index (χ1n) is 9.33. The van der Waals surface area contributed by atoms with Crippen LogP contribution in [0.25, 0.3) is 22.3 Å². The van der Waals surface area contributed by atoms with Gasteiger partial charge in [-0.25, -0.2) is 10.5 Å². The van der Waals surface area contributed by atoms with E-state index in [1.165, 1.54) is 46.6 Å². The van der Waals surface area contributed by atoms with Crippen LogP contribution in [0, 0.1) is 0 Å². The van der Waals surface area contributed by atoms with Crippen molar-refractivity contribution in [3.63, 3.8) is 0 Å². The summed E-state index contributed by atoms with van der Waals surface area (Å²) >= 11 is 0. The fourth-order valence-corrected chi connectivity index (χ4v) is 3.27. The summed E-state index contributed by atoms with van der Waals surface area (Å²) in [5.74, 6) is -0.525. The fraction of sp³-hybridized carbons (Fsp3) is 0.0909. The fourth-order valence-electron chi connectivity index (χ4n) is 3.27. The van der Waals surface area contributed by atoms with Crippen LogP contribution >= 0.6 is 0 Å². The molecule has 0 aliphatic rings. The van der Waals surface area contributed by atoms with Crippen LogP contribution in [0.15, 0.2) is 71.8 Å². The highest BCUT2D eigenvalue weighted by molar-refractivity contribution is 5.97. The van der Waals surface area contributed by atoms with Crippen LogP contribution in [-0.2, 0) is 12.7 Å². The molecule has 0 saturated carbocycles. The third-order valence-electron chi connectivity index (χ3n) is 4.86. The van der Waals surface area contributed by atoms with Crippen LogP contribution in [0.2, 0.25) is 0 Å². The van der Waals surface area contributed by atoms with Gasteiger partial charge in [0.05, 0.1) is 23.0 Å². The molecule has 162 valence electrons. The molecule has 32 heavy (non-hydrogen) atoms. The molecule has 2 N–H and O–H groups in total. The second-order valence-electron chi connectivity index (χ2n) is 6.94. The highest BCUT2D eigenvalue weighted by Crippen LogP contribution is 2.29. The Bertz CT molecular complexity index is 1350. The maximum atomic E-state index is 13.3. The van der Waals surface area contributed by atoms with Gasteiger partial charge in [-0.3, -0.25) is 24.3 Å². The molecule has 0 saturated heterocycles. The van der Waals surface area contributed by atoms with Crippen LogP contribution in [0.3, 0.4) is 0 Å². The van der Waals surface area contributed by atoms with Crippen molar-refractivity contribution in [2.45, 2.75) is 12.7 Å². The number of carbonyl (C=O) groups excluding carboxylic acids is 1. The minimum absolute atomic E-state index is 0.0248. The van der Waals surface area contributed by atoms with Gasteiger partial charge in [0.1, 0.15) is 5.82 Å². The van der Waals surface area contributed by atoms with E-state index in [9.17, 15) is 22.8 Å². The summed E-state index contributed by atoms with van der Waals surface area (Å²) in [5, 5.41) is 9.07. The summed E-state index contributed by atoms with van der Waals surface area (Å²) in [4.78, 5) is 33.6. The Morgan fingerprint density at radius 2 is 1.84 bits per heavy atom. The normalized spacial score (nSPS) is 11.5. The number of halogens is 3. The predicted octanol–water partition coefficient (Wildman–Crippen LogP) is 3.64. The molecular weight excluding hydrogens is 425 g/mol. The first-order chi connectivity index (χ1) is 15.3. The number of nitrogens with zero attached hydrogens (tertiary/aromatic N) is 3. The molecular formula is C22H15F3N4O3. The molecule has 10 heteroatoms. The van der Waals surface area contributed by atoms with E-state index in [2.05, 4.69) is 9.97 Å². The zero-order chi connectivity index (χ0) is 22.9. The second-order valence-corrected chi connectivity index (χ2v) is 6.94. The van der Waals surface area contributed by atoms with Gasteiger partial charge in [0.15, 0.2) is 0 Å². The lowest BCUT2D eigenvalue weighted by Gasteiger charge is -2.15. The Balaban J connectivity index is 1.87. The average molecular weight is 440 g/mol. The largest absolute Gasteiger partial charge is 0.416 e. The summed E-state index contributed by atoms with van der Waals surface area (Å²) in [6.07, 6.45) is -1.41. The molecule has 0 unspecified atom stereocenters. The average Bonchev–Trinajstić information content (AvgIpc) is 2.80. The quantitative estimate of drug-likeness (QED) is 0.373. The lowest BCUT2D eigenvalue weighted by atomic mass is 10.1. The van der Waals surface area contributed by atoms with E-state index in [0.29, 0.717) is 11.1 Å². The number of aromatic nitrogens is 3. The molecule has 4 rings (SSSR count). The zero-order valence-corrected chi connectivity index (χ0v) is 16.3. The molecule has 0 aliphatic carbocycles. The number of benzene rings is 2. The Kier molecular flexibility index (Phi) is 5.45. The standard InChI is InChI=1S/C22H15F3N4O3/c23-22(24,25)16-6-3-13(4-7-16)12-29-19(15-2-1-9-26-11-15)27-18-10-14(20(30)28-32)5-8-17(18)21(29)31/h1-11,32H,12H2,(H,28,30). The van der Waals surface area contributed by atoms with E-state index in [0.717, 1.165) is 12.1 Å². The third kappa shape index (κ3) is 4.08. The van der Waals surface area contributed by atoms with E-state index in [-0.39, 0.29) is 28.8 Å². The highest BCUT2D eigenvalue weighted by atomic mass is 19.4. The molecule has 0 atom stereocenters. The van der Waals surface area contributed by atoms with Crippen LogP contribution < -0.4 is 11.0 Å². The number of amides is 1. The minimum Gasteiger partial charge on any atom is -0.288 e. The molecule has 2 aromatic carbocycles. The van der Waals surface area contributed by atoms with Gasteiger partial charge in [0.2, 0.25) is 0 Å². The first-order valence-corrected chi connectivity index (χ1v) is 9.33. The number of rotatable bonds is 4. The highest BCUT2D eigenvalue weighted by Gasteiger charge is 2.30. The first kappa shape index (κ1) is 21.2. The van der Waals surface area contributed by atoms with E-state index in [1.54, 1.807) is 18.3 Å². The van der Waals surface area contributed by atoms with Gasteiger partial charge >= 0.3 is 6.18 Å². The van der Waals surface area contributed by atoms with Gasteiger partial charge in [-0.05, 0) is 48.0 Å². The van der Waals surface area contributed by atoms with Crippen molar-refractivity contribution in [2.75, 3.05) is 0 Å². The lowest BCUT2D eigenvalue weighted by molar-refractivity contribution is -0.137. The van der Waals surface area contributed by atoms with Gasteiger partial charge in [0, 0.05) is 23.5 Å². The molecule has 0 fully saturated rings. The van der Waals surface area contributed by atoms with Crippen molar-refractivity contribution < 1.29 is 23.2 Å². The Morgan fingerprint density at radius 3 is 2.47 bits per heavy atom. The van der Waals surface area contributed by atoms with Crippen LogP contribution in [-0.4, -0.2) is 25.6 Å². The van der Waals surface area contributed by atoms with E-state index in [1.807, 2.05) is 0 Å². The SMILES string of the molecule is O=C(NO)c1ccc2c(=O)n(Cc3ccc(C(F)(F)F)cc3)c(-c3cccnc3)nc2c1. The molecule has 0 aliphatic heterocycles. The second kappa shape index (κ2) is 8.23. The van der Waals surface area contributed by atoms with E-state index in [4.69, 9.17) is 5.21 Å². The Labute approximate surface area is 178 Å². The monoisotopic (exact) mass is 440 g/mol. The summed E-state index contributed by atoms with van der Waals surface area (Å²) in [5.41, 5.74) is 1.61.